The first kappa shape index (κ1) is 11.2. The van der Waals surface area contributed by atoms with E-state index in [1.165, 1.54) is 0 Å². The largest absolute Gasteiger partial charge is 0.306 e. The van der Waals surface area contributed by atoms with Crippen LogP contribution in [0.2, 0.25) is 0 Å². The summed E-state index contributed by atoms with van der Waals surface area (Å²) in [6, 6.07) is 12.9. The summed E-state index contributed by atoms with van der Waals surface area (Å²) in [7, 11) is 0. The predicted molar refractivity (Wildman–Crippen MR) is 70.1 cm³/mol. The van der Waals surface area contributed by atoms with Gasteiger partial charge in [-0.3, -0.25) is 9.89 Å². The van der Waals surface area contributed by atoms with Gasteiger partial charge in [0.05, 0.1) is 11.9 Å². The van der Waals surface area contributed by atoms with Gasteiger partial charge in [0.1, 0.15) is 5.82 Å². The van der Waals surface area contributed by atoms with Crippen LogP contribution in [0.15, 0.2) is 54.9 Å². The number of rotatable bonds is 3. The van der Waals surface area contributed by atoms with Gasteiger partial charge in [0.15, 0.2) is 5.69 Å². The molecule has 0 radical (unpaired) electrons. The van der Waals surface area contributed by atoms with Crippen molar-refractivity contribution in [1.29, 1.82) is 0 Å². The van der Waals surface area contributed by atoms with Gasteiger partial charge in [-0.2, -0.15) is 10.2 Å². The Morgan fingerprint density at radius 3 is 2.74 bits per heavy atom. The van der Waals surface area contributed by atoms with Gasteiger partial charge >= 0.3 is 0 Å². The van der Waals surface area contributed by atoms with Crippen LogP contribution in [0, 0.1) is 0 Å². The summed E-state index contributed by atoms with van der Waals surface area (Å²) in [5.41, 5.74) is 1.25. The molecule has 6 nitrogen and oxygen atoms in total. The fourth-order valence-corrected chi connectivity index (χ4v) is 1.68. The number of nitrogens with zero attached hydrogens (tertiary/aromatic N) is 3. The Hall–Kier alpha value is -2.89. The fourth-order valence-electron chi connectivity index (χ4n) is 1.68. The van der Waals surface area contributed by atoms with Crippen LogP contribution in [0.5, 0.6) is 0 Å². The van der Waals surface area contributed by atoms with Crippen molar-refractivity contribution in [1.82, 2.24) is 20.0 Å². The average Bonchev–Trinajstić information content (AvgIpc) is 3.10. The average molecular weight is 253 g/mol. The van der Waals surface area contributed by atoms with Gasteiger partial charge in [-0.15, -0.1) is 0 Å². The molecule has 2 heterocycles. The highest BCUT2D eigenvalue weighted by atomic mass is 16.2. The number of carbonyl (C=O) groups is 1. The first-order valence-corrected chi connectivity index (χ1v) is 5.75. The highest BCUT2D eigenvalue weighted by molar-refractivity contribution is 6.02. The molecule has 6 heteroatoms. The summed E-state index contributed by atoms with van der Waals surface area (Å²) in [5.74, 6) is 0.262. The zero-order valence-electron chi connectivity index (χ0n) is 9.95. The van der Waals surface area contributed by atoms with Crippen molar-refractivity contribution in [3.8, 4) is 5.69 Å². The summed E-state index contributed by atoms with van der Waals surface area (Å²) in [4.78, 5) is 11.9. The summed E-state index contributed by atoms with van der Waals surface area (Å²) in [6.45, 7) is 0. The minimum Gasteiger partial charge on any atom is -0.306 e. The van der Waals surface area contributed by atoms with E-state index < -0.39 is 0 Å². The van der Waals surface area contributed by atoms with Crippen molar-refractivity contribution in [3.05, 3.63) is 60.6 Å². The number of anilines is 1. The number of hydrogen-bond acceptors (Lipinski definition) is 3. The third-order valence-corrected chi connectivity index (χ3v) is 2.59. The minimum atomic E-state index is -0.279. The van der Waals surface area contributed by atoms with Crippen molar-refractivity contribution >= 4 is 11.7 Å². The van der Waals surface area contributed by atoms with Gasteiger partial charge in [0.25, 0.3) is 5.91 Å². The Bertz CT molecular complexity index is 672. The molecule has 1 aromatic carbocycles. The van der Waals surface area contributed by atoms with Crippen molar-refractivity contribution < 1.29 is 4.79 Å². The molecule has 0 fully saturated rings. The number of aromatic amines is 1. The van der Waals surface area contributed by atoms with E-state index in [0.29, 0.717) is 11.5 Å². The molecular formula is C13H11N5O. The fraction of sp³-hybridized carbons (Fsp3) is 0. The lowest BCUT2D eigenvalue weighted by Crippen LogP contribution is -2.13. The first-order chi connectivity index (χ1) is 9.33. The Balaban J connectivity index is 1.80. The summed E-state index contributed by atoms with van der Waals surface area (Å²) in [6.07, 6.45) is 3.31. The number of carbonyl (C=O) groups excluding carboxylic acids is 1. The van der Waals surface area contributed by atoms with E-state index in [0.717, 1.165) is 5.69 Å². The lowest BCUT2D eigenvalue weighted by molar-refractivity contribution is 0.102. The van der Waals surface area contributed by atoms with Crippen LogP contribution >= 0.6 is 0 Å². The number of benzene rings is 1. The monoisotopic (exact) mass is 253 g/mol. The topological polar surface area (TPSA) is 75.6 Å². The second-order valence-electron chi connectivity index (χ2n) is 3.91. The van der Waals surface area contributed by atoms with E-state index in [1.54, 1.807) is 29.2 Å². The molecule has 0 aliphatic heterocycles. The Labute approximate surface area is 109 Å². The summed E-state index contributed by atoms with van der Waals surface area (Å²) >= 11 is 0. The van der Waals surface area contributed by atoms with E-state index >= 15 is 0 Å². The maximum absolute atomic E-state index is 11.9. The maximum Gasteiger partial charge on any atom is 0.277 e. The van der Waals surface area contributed by atoms with Gasteiger partial charge in [-0.1, -0.05) is 18.2 Å². The van der Waals surface area contributed by atoms with Crippen LogP contribution in [0.3, 0.4) is 0 Å². The Kier molecular flexibility index (Phi) is 2.82. The molecule has 0 atom stereocenters. The molecule has 19 heavy (non-hydrogen) atoms. The molecule has 0 unspecified atom stereocenters. The van der Waals surface area contributed by atoms with E-state index in [-0.39, 0.29) is 5.91 Å². The molecule has 0 aliphatic carbocycles. The lowest BCUT2D eigenvalue weighted by Gasteiger charge is -2.00. The van der Waals surface area contributed by atoms with Crippen LogP contribution in [0.25, 0.3) is 5.69 Å². The lowest BCUT2D eigenvalue weighted by atomic mass is 10.3. The van der Waals surface area contributed by atoms with Gasteiger partial charge in [0.2, 0.25) is 0 Å². The van der Waals surface area contributed by atoms with Crippen LogP contribution in [-0.2, 0) is 0 Å². The molecule has 2 aromatic heterocycles. The number of H-pyrrole nitrogens is 1. The molecule has 3 aromatic rings. The maximum atomic E-state index is 11.9. The molecule has 1 amide bonds. The number of para-hydroxylation sites is 1. The standard InChI is InChI=1S/C13H11N5O/c19-13(15-12-6-8-14-16-12)11-7-9-18(17-11)10-4-2-1-3-5-10/h1-9H,(H2,14,15,16,19). The number of hydrogen-bond donors (Lipinski definition) is 2. The van der Waals surface area contributed by atoms with Gasteiger partial charge in [-0.25, -0.2) is 4.68 Å². The molecule has 2 N–H and O–H groups in total. The minimum absolute atomic E-state index is 0.279. The van der Waals surface area contributed by atoms with Gasteiger partial charge < -0.3 is 5.32 Å². The second kappa shape index (κ2) is 4.77. The van der Waals surface area contributed by atoms with Gasteiger partial charge in [-0.05, 0) is 18.2 Å². The summed E-state index contributed by atoms with van der Waals surface area (Å²) < 4.78 is 1.65. The molecule has 0 saturated heterocycles. The summed E-state index contributed by atoms with van der Waals surface area (Å²) in [5, 5.41) is 13.3. The third-order valence-electron chi connectivity index (χ3n) is 2.59. The zero-order chi connectivity index (χ0) is 13.1. The Morgan fingerprint density at radius 1 is 1.16 bits per heavy atom. The molecular weight excluding hydrogens is 242 g/mol. The normalized spacial score (nSPS) is 10.3. The SMILES string of the molecule is O=C(Nc1ccn[nH]1)c1ccn(-c2ccccc2)n1. The first-order valence-electron chi connectivity index (χ1n) is 5.75. The molecule has 94 valence electrons. The molecule has 0 spiro atoms. The zero-order valence-corrected chi connectivity index (χ0v) is 9.95. The molecule has 0 saturated carbocycles. The molecule has 0 aliphatic rings. The smallest absolute Gasteiger partial charge is 0.277 e. The highest BCUT2D eigenvalue weighted by Crippen LogP contribution is 2.08. The van der Waals surface area contributed by atoms with Gasteiger partial charge in [0, 0.05) is 12.3 Å². The predicted octanol–water partition coefficient (Wildman–Crippen LogP) is 1.85. The number of amides is 1. The van der Waals surface area contributed by atoms with Crippen LogP contribution in [0.1, 0.15) is 10.5 Å². The van der Waals surface area contributed by atoms with E-state index in [1.807, 2.05) is 30.3 Å². The molecule has 3 rings (SSSR count). The Morgan fingerprint density at radius 2 is 2.00 bits per heavy atom. The highest BCUT2D eigenvalue weighted by Gasteiger charge is 2.10. The van der Waals surface area contributed by atoms with E-state index in [4.69, 9.17) is 0 Å². The second-order valence-corrected chi connectivity index (χ2v) is 3.91. The third kappa shape index (κ3) is 2.37. The van der Waals surface area contributed by atoms with Crippen molar-refractivity contribution in [2.24, 2.45) is 0 Å². The van der Waals surface area contributed by atoms with Crippen molar-refractivity contribution in [3.63, 3.8) is 0 Å². The van der Waals surface area contributed by atoms with Crippen LogP contribution in [0.4, 0.5) is 5.82 Å². The quantitative estimate of drug-likeness (QED) is 0.748. The molecule has 0 bridgehead atoms. The number of aromatic nitrogens is 4. The van der Waals surface area contributed by atoms with E-state index in [9.17, 15) is 4.79 Å². The van der Waals surface area contributed by atoms with E-state index in [2.05, 4.69) is 20.6 Å². The van der Waals surface area contributed by atoms with Crippen molar-refractivity contribution in [2.75, 3.05) is 5.32 Å². The van der Waals surface area contributed by atoms with Crippen molar-refractivity contribution in [2.45, 2.75) is 0 Å². The van der Waals surface area contributed by atoms with Crippen LogP contribution in [-0.4, -0.2) is 25.9 Å². The number of nitrogens with one attached hydrogen (secondary N) is 2. The van der Waals surface area contributed by atoms with Crippen LogP contribution < -0.4 is 5.32 Å².